The van der Waals surface area contributed by atoms with Gasteiger partial charge in [-0.25, -0.2) is 8.78 Å². The minimum absolute atomic E-state index is 0.368. The summed E-state index contributed by atoms with van der Waals surface area (Å²) < 4.78 is 26.3. The van der Waals surface area contributed by atoms with Gasteiger partial charge < -0.3 is 5.73 Å². The molecule has 1 aromatic rings. The molecule has 0 aliphatic rings. The molecule has 0 aliphatic carbocycles. The first-order valence-electron chi connectivity index (χ1n) is 4.72. The van der Waals surface area contributed by atoms with Crippen molar-refractivity contribution in [3.63, 3.8) is 0 Å². The normalized spacial score (nSPS) is 11.9. The zero-order valence-electron chi connectivity index (χ0n) is 8.78. The molecule has 0 saturated heterocycles. The third-order valence-corrected chi connectivity index (χ3v) is 2.50. The lowest BCUT2D eigenvalue weighted by Crippen LogP contribution is -2.32. The lowest BCUT2D eigenvalue weighted by molar-refractivity contribution is 0.469. The predicted molar refractivity (Wildman–Crippen MR) is 58.0 cm³/mol. The van der Waals surface area contributed by atoms with E-state index in [9.17, 15) is 8.78 Å². The van der Waals surface area contributed by atoms with E-state index in [-0.39, 0.29) is 5.54 Å². The van der Waals surface area contributed by atoms with Crippen LogP contribution in [0.1, 0.15) is 25.8 Å². The van der Waals surface area contributed by atoms with Gasteiger partial charge in [0.15, 0.2) is 0 Å². The first kappa shape index (κ1) is 12.4. The summed E-state index contributed by atoms with van der Waals surface area (Å²) >= 11 is 5.45. The molecule has 2 N–H and O–H groups in total. The Morgan fingerprint density at radius 1 is 1.33 bits per heavy atom. The number of benzene rings is 1. The minimum Gasteiger partial charge on any atom is -0.326 e. The van der Waals surface area contributed by atoms with Crippen LogP contribution in [-0.4, -0.2) is 5.54 Å². The Bertz CT molecular complexity index is 358. The van der Waals surface area contributed by atoms with Crippen LogP contribution in [0.15, 0.2) is 12.1 Å². The van der Waals surface area contributed by atoms with Crippen LogP contribution in [-0.2, 0) is 6.42 Å². The van der Waals surface area contributed by atoms with E-state index in [1.807, 2.05) is 13.8 Å². The molecule has 0 heterocycles. The summed E-state index contributed by atoms with van der Waals surface area (Å²) in [4.78, 5) is 0. The molecule has 1 rings (SSSR count). The summed E-state index contributed by atoms with van der Waals surface area (Å²) in [5.41, 5.74) is 5.81. The highest BCUT2D eigenvalue weighted by Crippen LogP contribution is 2.23. The molecule has 1 aromatic carbocycles. The van der Waals surface area contributed by atoms with E-state index in [2.05, 4.69) is 0 Å². The molecule has 0 aliphatic heterocycles. The maximum absolute atomic E-state index is 13.4. The molecule has 15 heavy (non-hydrogen) atoms. The Kier molecular flexibility index (Phi) is 3.68. The largest absolute Gasteiger partial charge is 0.326 e. The molecule has 0 aromatic heterocycles. The van der Waals surface area contributed by atoms with E-state index in [4.69, 9.17) is 17.3 Å². The van der Waals surface area contributed by atoms with Crippen molar-refractivity contribution in [2.75, 3.05) is 0 Å². The molecular weight excluding hydrogens is 220 g/mol. The van der Waals surface area contributed by atoms with Crippen molar-refractivity contribution in [3.05, 3.63) is 34.4 Å². The van der Waals surface area contributed by atoms with E-state index in [0.29, 0.717) is 18.4 Å². The lowest BCUT2D eigenvalue weighted by Gasteiger charge is -2.18. The number of hydrogen-bond donors (Lipinski definition) is 1. The van der Waals surface area contributed by atoms with E-state index < -0.39 is 16.7 Å². The Morgan fingerprint density at radius 2 is 1.93 bits per heavy atom. The monoisotopic (exact) mass is 233 g/mol. The average molecular weight is 234 g/mol. The highest BCUT2D eigenvalue weighted by Gasteiger charge is 2.15. The van der Waals surface area contributed by atoms with Crippen molar-refractivity contribution in [2.45, 2.75) is 32.2 Å². The van der Waals surface area contributed by atoms with Crippen LogP contribution in [0.2, 0.25) is 5.02 Å². The zero-order valence-corrected chi connectivity index (χ0v) is 9.54. The van der Waals surface area contributed by atoms with Crippen LogP contribution >= 0.6 is 11.6 Å². The molecule has 0 fully saturated rings. The summed E-state index contributed by atoms with van der Waals surface area (Å²) in [6.45, 7) is 3.71. The van der Waals surface area contributed by atoms with E-state index in [1.54, 1.807) is 0 Å². The SMILES string of the molecule is CC(C)(N)CCc1ccc(F)c(Cl)c1F. The van der Waals surface area contributed by atoms with Gasteiger partial charge in [-0.1, -0.05) is 17.7 Å². The van der Waals surface area contributed by atoms with Crippen molar-refractivity contribution >= 4 is 11.6 Å². The van der Waals surface area contributed by atoms with Gasteiger partial charge in [0.2, 0.25) is 0 Å². The average Bonchev–Trinajstić information content (AvgIpc) is 2.12. The van der Waals surface area contributed by atoms with Gasteiger partial charge in [0, 0.05) is 5.54 Å². The summed E-state index contributed by atoms with van der Waals surface area (Å²) in [7, 11) is 0. The number of nitrogens with two attached hydrogens (primary N) is 1. The number of aryl methyl sites for hydroxylation is 1. The Hall–Kier alpha value is -0.670. The van der Waals surface area contributed by atoms with Gasteiger partial charge in [0.25, 0.3) is 0 Å². The quantitative estimate of drug-likeness (QED) is 0.797. The summed E-state index contributed by atoms with van der Waals surface area (Å²) in [5.74, 6) is -1.41. The molecular formula is C11H14ClF2N. The fourth-order valence-electron chi connectivity index (χ4n) is 1.22. The van der Waals surface area contributed by atoms with Crippen molar-refractivity contribution in [2.24, 2.45) is 5.73 Å². The Morgan fingerprint density at radius 3 is 2.47 bits per heavy atom. The Balaban J connectivity index is 2.83. The molecule has 0 unspecified atom stereocenters. The van der Waals surface area contributed by atoms with E-state index >= 15 is 0 Å². The molecule has 1 nitrogen and oxygen atoms in total. The fourth-order valence-corrected chi connectivity index (χ4v) is 1.40. The van der Waals surface area contributed by atoms with Crippen LogP contribution in [0.5, 0.6) is 0 Å². The van der Waals surface area contributed by atoms with Gasteiger partial charge in [-0.3, -0.25) is 0 Å². The maximum Gasteiger partial charge on any atom is 0.147 e. The molecule has 0 radical (unpaired) electrons. The summed E-state index contributed by atoms with van der Waals surface area (Å²) in [6, 6.07) is 2.58. The molecule has 0 spiro atoms. The topological polar surface area (TPSA) is 26.0 Å². The number of hydrogen-bond acceptors (Lipinski definition) is 1. The van der Waals surface area contributed by atoms with Gasteiger partial charge >= 0.3 is 0 Å². The third kappa shape index (κ3) is 3.43. The molecule has 84 valence electrons. The second-order valence-electron chi connectivity index (χ2n) is 4.32. The van der Waals surface area contributed by atoms with Crippen molar-refractivity contribution in [1.82, 2.24) is 0 Å². The van der Waals surface area contributed by atoms with Crippen molar-refractivity contribution < 1.29 is 8.78 Å². The van der Waals surface area contributed by atoms with Gasteiger partial charge in [-0.05, 0) is 38.3 Å². The third-order valence-electron chi connectivity index (χ3n) is 2.15. The summed E-state index contributed by atoms with van der Waals surface area (Å²) in [5, 5.41) is -0.442. The minimum atomic E-state index is -0.732. The van der Waals surface area contributed by atoms with Crippen molar-refractivity contribution in [3.8, 4) is 0 Å². The van der Waals surface area contributed by atoms with Crippen LogP contribution in [0, 0.1) is 11.6 Å². The van der Waals surface area contributed by atoms with Gasteiger partial charge in [0.1, 0.15) is 16.7 Å². The number of halogens is 3. The van der Waals surface area contributed by atoms with Crippen LogP contribution in [0.25, 0.3) is 0 Å². The zero-order chi connectivity index (χ0) is 11.6. The van der Waals surface area contributed by atoms with Gasteiger partial charge in [0.05, 0.1) is 0 Å². The van der Waals surface area contributed by atoms with Crippen LogP contribution in [0.3, 0.4) is 0 Å². The first-order chi connectivity index (χ1) is 6.81. The van der Waals surface area contributed by atoms with E-state index in [0.717, 1.165) is 0 Å². The highest BCUT2D eigenvalue weighted by atomic mass is 35.5. The van der Waals surface area contributed by atoms with Crippen LogP contribution in [0.4, 0.5) is 8.78 Å². The standard InChI is InChI=1S/C11H14ClF2N/c1-11(2,15)6-5-7-3-4-8(13)9(12)10(7)14/h3-4H,5-6,15H2,1-2H3. The lowest BCUT2D eigenvalue weighted by atomic mass is 9.96. The molecule has 0 saturated carbocycles. The predicted octanol–water partition coefficient (Wildman–Crippen LogP) is 3.29. The second-order valence-corrected chi connectivity index (χ2v) is 4.70. The molecule has 4 heteroatoms. The van der Waals surface area contributed by atoms with Gasteiger partial charge in [-0.2, -0.15) is 0 Å². The number of rotatable bonds is 3. The van der Waals surface area contributed by atoms with Crippen LogP contribution < -0.4 is 5.73 Å². The van der Waals surface area contributed by atoms with E-state index in [1.165, 1.54) is 12.1 Å². The smallest absolute Gasteiger partial charge is 0.147 e. The first-order valence-corrected chi connectivity index (χ1v) is 5.10. The van der Waals surface area contributed by atoms with Gasteiger partial charge in [-0.15, -0.1) is 0 Å². The maximum atomic E-state index is 13.4. The van der Waals surface area contributed by atoms with Crippen molar-refractivity contribution in [1.29, 1.82) is 0 Å². The highest BCUT2D eigenvalue weighted by molar-refractivity contribution is 6.30. The molecule has 0 amide bonds. The summed E-state index contributed by atoms with van der Waals surface area (Å²) in [6.07, 6.45) is 1.07. The Labute approximate surface area is 93.2 Å². The molecule has 0 bridgehead atoms. The second kappa shape index (κ2) is 4.45. The fraction of sp³-hybridized carbons (Fsp3) is 0.455. The molecule has 0 atom stereocenters.